The minimum atomic E-state index is 0.531. The molecule has 0 atom stereocenters. The second-order valence-corrected chi connectivity index (χ2v) is 2.76. The summed E-state index contributed by atoms with van der Waals surface area (Å²) in [4.78, 5) is 13.1. The Morgan fingerprint density at radius 1 is 1.17 bits per heavy atom. The van der Waals surface area contributed by atoms with Crippen molar-refractivity contribution in [3.8, 4) is 0 Å². The lowest BCUT2D eigenvalue weighted by Gasteiger charge is -1.96. The van der Waals surface area contributed by atoms with E-state index in [9.17, 15) is 4.79 Å². The summed E-state index contributed by atoms with van der Waals surface area (Å²) in [7, 11) is 0. The molecular weight excluding hydrogens is 150 g/mol. The van der Waals surface area contributed by atoms with E-state index in [1.807, 2.05) is 0 Å². The van der Waals surface area contributed by atoms with Gasteiger partial charge in [-0.2, -0.15) is 0 Å². The average Bonchev–Trinajstić information content (AvgIpc) is 2.10. The SMILES string of the molecule is [CH2]CCCCCCC/[C]=N/C=O. The number of carbonyl (C=O) groups excluding carboxylic acids is 1. The summed E-state index contributed by atoms with van der Waals surface area (Å²) < 4.78 is 0. The molecule has 2 radical (unpaired) electrons. The highest BCUT2D eigenvalue weighted by molar-refractivity contribution is 5.68. The summed E-state index contributed by atoms with van der Waals surface area (Å²) in [5.74, 6) is 0. The summed E-state index contributed by atoms with van der Waals surface area (Å²) in [6.45, 7) is 3.78. The van der Waals surface area contributed by atoms with Gasteiger partial charge in [-0.3, -0.25) is 4.79 Å². The van der Waals surface area contributed by atoms with Crippen LogP contribution in [0.4, 0.5) is 0 Å². The first-order chi connectivity index (χ1) is 5.91. The Morgan fingerprint density at radius 2 is 1.83 bits per heavy atom. The Bertz CT molecular complexity index is 121. The molecule has 0 aromatic carbocycles. The summed E-state index contributed by atoms with van der Waals surface area (Å²) in [5.41, 5.74) is 0. The van der Waals surface area contributed by atoms with Gasteiger partial charge in [-0.1, -0.05) is 39.0 Å². The van der Waals surface area contributed by atoms with Crippen LogP contribution in [0.25, 0.3) is 0 Å². The molecule has 0 unspecified atom stereocenters. The zero-order valence-electron chi connectivity index (χ0n) is 7.59. The highest BCUT2D eigenvalue weighted by Gasteiger charge is 1.88. The van der Waals surface area contributed by atoms with Crippen molar-refractivity contribution < 1.29 is 4.79 Å². The maximum absolute atomic E-state index is 9.74. The number of amides is 1. The van der Waals surface area contributed by atoms with Gasteiger partial charge in [-0.15, -0.1) is 0 Å². The van der Waals surface area contributed by atoms with Gasteiger partial charge in [-0.25, -0.2) is 4.99 Å². The molecule has 0 N–H and O–H groups in total. The Labute approximate surface area is 75.1 Å². The van der Waals surface area contributed by atoms with Gasteiger partial charge in [0.25, 0.3) is 0 Å². The average molecular weight is 167 g/mol. The van der Waals surface area contributed by atoms with Crippen LogP contribution in [-0.2, 0) is 4.79 Å². The van der Waals surface area contributed by atoms with Crippen LogP contribution >= 0.6 is 0 Å². The molecule has 1 amide bonds. The van der Waals surface area contributed by atoms with Gasteiger partial charge in [0, 0.05) is 0 Å². The number of aliphatic imine (C=N–C) groups is 1. The van der Waals surface area contributed by atoms with Gasteiger partial charge in [0.2, 0.25) is 6.41 Å². The molecule has 0 rings (SSSR count). The molecule has 12 heavy (non-hydrogen) atoms. The number of hydrogen-bond acceptors (Lipinski definition) is 1. The number of carbonyl (C=O) groups is 1. The topological polar surface area (TPSA) is 29.4 Å². The van der Waals surface area contributed by atoms with E-state index >= 15 is 0 Å². The van der Waals surface area contributed by atoms with Crippen molar-refractivity contribution in [2.75, 3.05) is 0 Å². The van der Waals surface area contributed by atoms with Gasteiger partial charge in [-0.05, 0) is 12.8 Å². The zero-order chi connectivity index (χ0) is 9.07. The van der Waals surface area contributed by atoms with Crippen molar-refractivity contribution in [3.63, 3.8) is 0 Å². The molecule has 0 aromatic rings. The monoisotopic (exact) mass is 167 g/mol. The molecule has 0 heterocycles. The normalized spacial score (nSPS) is 10.8. The first-order valence-corrected chi connectivity index (χ1v) is 4.57. The van der Waals surface area contributed by atoms with Crippen LogP contribution in [0.2, 0.25) is 0 Å². The third-order valence-corrected chi connectivity index (χ3v) is 1.68. The van der Waals surface area contributed by atoms with Crippen molar-refractivity contribution in [1.29, 1.82) is 0 Å². The second-order valence-electron chi connectivity index (χ2n) is 2.76. The molecule has 2 nitrogen and oxygen atoms in total. The van der Waals surface area contributed by atoms with Crippen molar-refractivity contribution in [2.24, 2.45) is 4.99 Å². The largest absolute Gasteiger partial charge is 0.276 e. The maximum Gasteiger partial charge on any atom is 0.233 e. The van der Waals surface area contributed by atoms with Crippen molar-refractivity contribution in [2.45, 2.75) is 44.9 Å². The summed E-state index contributed by atoms with van der Waals surface area (Å²) >= 11 is 0. The first-order valence-electron chi connectivity index (χ1n) is 4.57. The predicted octanol–water partition coefficient (Wildman–Crippen LogP) is 2.66. The van der Waals surface area contributed by atoms with E-state index in [1.165, 1.54) is 25.7 Å². The summed E-state index contributed by atoms with van der Waals surface area (Å²) in [6, 6.07) is 0. The molecule has 0 spiro atoms. The van der Waals surface area contributed by atoms with Crippen LogP contribution < -0.4 is 0 Å². The van der Waals surface area contributed by atoms with E-state index < -0.39 is 0 Å². The molecule has 0 bridgehead atoms. The van der Waals surface area contributed by atoms with Crippen LogP contribution in [0.15, 0.2) is 4.99 Å². The number of unbranched alkanes of at least 4 members (excludes halogenated alkanes) is 6. The molecular formula is C10H17NO. The lowest BCUT2D eigenvalue weighted by Crippen LogP contribution is -1.80. The standard InChI is InChI=1S/C10H17NO/c1-2-3-4-5-6-7-8-9-11-10-12/h10H,1-8H2. The van der Waals surface area contributed by atoms with E-state index in [0.717, 1.165) is 19.3 Å². The van der Waals surface area contributed by atoms with Crippen molar-refractivity contribution >= 4 is 12.6 Å². The molecule has 0 saturated carbocycles. The minimum absolute atomic E-state index is 0.531. The molecule has 0 fully saturated rings. The fraction of sp³-hybridized carbons (Fsp3) is 0.700. The molecule has 0 saturated heterocycles. The summed E-state index contributed by atoms with van der Waals surface area (Å²) in [6.07, 6.45) is 11.1. The molecule has 0 aliphatic heterocycles. The quantitative estimate of drug-likeness (QED) is 0.310. The molecule has 0 aliphatic carbocycles. The van der Waals surface area contributed by atoms with E-state index in [1.54, 1.807) is 0 Å². The van der Waals surface area contributed by atoms with Gasteiger partial charge < -0.3 is 0 Å². The Hall–Kier alpha value is -0.660. The van der Waals surface area contributed by atoms with Crippen LogP contribution in [0, 0.1) is 6.92 Å². The van der Waals surface area contributed by atoms with Crippen LogP contribution in [0.5, 0.6) is 0 Å². The summed E-state index contributed by atoms with van der Waals surface area (Å²) in [5, 5.41) is 0. The van der Waals surface area contributed by atoms with E-state index in [4.69, 9.17) is 0 Å². The minimum Gasteiger partial charge on any atom is -0.276 e. The second kappa shape index (κ2) is 10.3. The predicted molar refractivity (Wildman–Crippen MR) is 51.2 cm³/mol. The van der Waals surface area contributed by atoms with Gasteiger partial charge >= 0.3 is 0 Å². The van der Waals surface area contributed by atoms with E-state index in [2.05, 4.69) is 18.1 Å². The lowest BCUT2D eigenvalue weighted by molar-refractivity contribution is -0.106. The fourth-order valence-electron chi connectivity index (χ4n) is 1.01. The number of hydrogen-bond donors (Lipinski definition) is 0. The van der Waals surface area contributed by atoms with Crippen molar-refractivity contribution in [3.05, 3.63) is 6.92 Å². The van der Waals surface area contributed by atoms with Crippen LogP contribution in [0.3, 0.4) is 0 Å². The maximum atomic E-state index is 9.74. The lowest BCUT2D eigenvalue weighted by atomic mass is 10.1. The Kier molecular flexibility index (Phi) is 9.77. The van der Waals surface area contributed by atoms with E-state index in [0.29, 0.717) is 6.41 Å². The van der Waals surface area contributed by atoms with Gasteiger partial charge in [0.15, 0.2) is 0 Å². The highest BCUT2D eigenvalue weighted by Crippen LogP contribution is 2.05. The third kappa shape index (κ3) is 9.34. The van der Waals surface area contributed by atoms with Crippen LogP contribution in [-0.4, -0.2) is 12.6 Å². The molecule has 2 heteroatoms. The van der Waals surface area contributed by atoms with E-state index in [-0.39, 0.29) is 0 Å². The van der Waals surface area contributed by atoms with Gasteiger partial charge in [0.1, 0.15) is 0 Å². The third-order valence-electron chi connectivity index (χ3n) is 1.68. The zero-order valence-corrected chi connectivity index (χ0v) is 7.59. The Morgan fingerprint density at radius 3 is 2.50 bits per heavy atom. The first kappa shape index (κ1) is 11.3. The number of nitrogens with zero attached hydrogens (tertiary/aromatic N) is 1. The fourth-order valence-corrected chi connectivity index (χ4v) is 1.01. The Balaban J connectivity index is 2.90. The smallest absolute Gasteiger partial charge is 0.233 e. The molecule has 0 aromatic heterocycles. The van der Waals surface area contributed by atoms with Gasteiger partial charge in [0.05, 0.1) is 6.21 Å². The molecule has 0 aliphatic rings. The number of rotatable bonds is 8. The van der Waals surface area contributed by atoms with Crippen molar-refractivity contribution in [1.82, 2.24) is 0 Å². The van der Waals surface area contributed by atoms with Crippen LogP contribution in [0.1, 0.15) is 44.9 Å². The molecule has 68 valence electrons. The highest BCUT2D eigenvalue weighted by atomic mass is 16.1.